The number of aliphatic hydroxyl groups excluding tert-OH is 1. The van der Waals surface area contributed by atoms with Crippen LogP contribution in [0.25, 0.3) is 0 Å². The highest BCUT2D eigenvalue weighted by molar-refractivity contribution is 5.77. The number of hydrogen-bond donors (Lipinski definition) is 2. The highest BCUT2D eigenvalue weighted by Crippen LogP contribution is 2.42. The molecule has 3 heterocycles. The molecular weight excluding hydrogens is 416 g/mol. The summed E-state index contributed by atoms with van der Waals surface area (Å²) in [5.41, 5.74) is -1.72. The van der Waals surface area contributed by atoms with Crippen molar-refractivity contribution in [2.45, 2.75) is 103 Å². The van der Waals surface area contributed by atoms with E-state index in [9.17, 15) is 15.0 Å². The van der Waals surface area contributed by atoms with E-state index in [-0.39, 0.29) is 36.6 Å². The van der Waals surface area contributed by atoms with Crippen LogP contribution < -0.4 is 0 Å². The topological polar surface area (TPSA) is 104 Å². The molecule has 0 aliphatic carbocycles. The number of aliphatic hydroxyl groups is 2. The quantitative estimate of drug-likeness (QED) is 0.481. The zero-order valence-corrected chi connectivity index (χ0v) is 20.6. The van der Waals surface area contributed by atoms with Gasteiger partial charge in [0.05, 0.1) is 18.3 Å². The number of carbonyl (C=O) groups excluding carboxylic acids is 1. The van der Waals surface area contributed by atoms with Crippen molar-refractivity contribution in [3.05, 3.63) is 25.3 Å². The fraction of sp³-hybridized carbons (Fsp3) is 0.792. The maximum Gasteiger partial charge on any atom is 0.339 e. The molecule has 0 aromatic heterocycles. The van der Waals surface area contributed by atoms with Crippen molar-refractivity contribution in [2.24, 2.45) is 11.8 Å². The van der Waals surface area contributed by atoms with Crippen LogP contribution in [0.2, 0.25) is 0 Å². The lowest BCUT2D eigenvalue weighted by molar-refractivity contribution is -0.185. The van der Waals surface area contributed by atoms with Crippen LogP contribution in [0.15, 0.2) is 25.3 Å². The second-order valence-corrected chi connectivity index (χ2v) is 10.2. The first-order valence-corrected chi connectivity index (χ1v) is 11.1. The lowest BCUT2D eigenvalue weighted by Gasteiger charge is -2.41. The van der Waals surface area contributed by atoms with Crippen LogP contribution in [0, 0.1) is 11.8 Å². The van der Waals surface area contributed by atoms with E-state index in [0.717, 1.165) is 0 Å². The van der Waals surface area contributed by atoms with Crippen molar-refractivity contribution in [3.8, 4) is 0 Å². The fourth-order valence-electron chi connectivity index (χ4n) is 4.20. The molecular formula is C24H40O8. The van der Waals surface area contributed by atoms with E-state index in [0.29, 0.717) is 0 Å². The minimum absolute atomic E-state index is 0.0227. The summed E-state index contributed by atoms with van der Waals surface area (Å²) >= 11 is 0. The van der Waals surface area contributed by atoms with Crippen LogP contribution in [-0.2, 0) is 28.5 Å². The molecule has 8 nitrogen and oxygen atoms in total. The Morgan fingerprint density at radius 1 is 1.09 bits per heavy atom. The molecule has 0 saturated carbocycles. The summed E-state index contributed by atoms with van der Waals surface area (Å²) in [5, 5.41) is 19.3. The Morgan fingerprint density at radius 3 is 2.16 bits per heavy atom. The monoisotopic (exact) mass is 456 g/mol. The van der Waals surface area contributed by atoms with Gasteiger partial charge in [0, 0.05) is 11.8 Å². The van der Waals surface area contributed by atoms with Gasteiger partial charge in [0.2, 0.25) is 0 Å². The number of cyclic esters (lactones) is 1. The molecule has 8 heteroatoms. The molecule has 3 aliphatic rings. The Kier molecular flexibility index (Phi) is 7.72. The smallest absolute Gasteiger partial charge is 0.339 e. The summed E-state index contributed by atoms with van der Waals surface area (Å²) in [5.74, 6) is -1.99. The summed E-state index contributed by atoms with van der Waals surface area (Å²) in [7, 11) is 0. The molecule has 8 atom stereocenters. The van der Waals surface area contributed by atoms with Gasteiger partial charge in [-0.05, 0) is 47.6 Å². The van der Waals surface area contributed by atoms with Crippen LogP contribution >= 0.6 is 0 Å². The van der Waals surface area contributed by atoms with Crippen molar-refractivity contribution in [3.63, 3.8) is 0 Å². The van der Waals surface area contributed by atoms with Gasteiger partial charge < -0.3 is 33.9 Å². The zero-order chi connectivity index (χ0) is 24.7. The van der Waals surface area contributed by atoms with Crippen LogP contribution in [0.4, 0.5) is 0 Å². The highest BCUT2D eigenvalue weighted by atomic mass is 16.8. The number of esters is 1. The number of carbonyl (C=O) groups is 1. The zero-order valence-electron chi connectivity index (χ0n) is 20.6. The molecule has 3 rings (SSSR count). The third kappa shape index (κ3) is 5.43. The van der Waals surface area contributed by atoms with E-state index in [1.807, 2.05) is 20.8 Å². The van der Waals surface area contributed by atoms with Crippen LogP contribution in [-0.4, -0.2) is 70.0 Å². The number of ether oxygens (including phenoxy) is 5. The second kappa shape index (κ2) is 9.16. The number of fused-ring (bicyclic) bond motifs is 1. The van der Waals surface area contributed by atoms with Gasteiger partial charge >= 0.3 is 5.97 Å². The minimum atomic E-state index is -1.04. The Balaban J connectivity index is 0.000000227. The molecule has 0 aromatic carbocycles. The molecule has 0 unspecified atom stereocenters. The molecule has 0 spiro atoms. The molecule has 0 bridgehead atoms. The lowest BCUT2D eigenvalue weighted by Crippen LogP contribution is -2.55. The summed E-state index contributed by atoms with van der Waals surface area (Å²) in [6.45, 7) is 21.8. The van der Waals surface area contributed by atoms with Crippen molar-refractivity contribution < 1.29 is 38.7 Å². The Hall–Kier alpha value is -1.29. The van der Waals surface area contributed by atoms with Gasteiger partial charge in [-0.15, -0.1) is 6.58 Å². The van der Waals surface area contributed by atoms with Crippen molar-refractivity contribution in [1.82, 2.24) is 0 Å². The van der Waals surface area contributed by atoms with Gasteiger partial charge in [-0.3, -0.25) is 0 Å². The molecule has 0 aromatic rings. The van der Waals surface area contributed by atoms with Gasteiger partial charge in [-0.2, -0.15) is 0 Å². The van der Waals surface area contributed by atoms with Crippen LogP contribution in [0.5, 0.6) is 0 Å². The maximum atomic E-state index is 11.8. The molecule has 3 fully saturated rings. The largest absolute Gasteiger partial charge is 0.453 e. The van der Waals surface area contributed by atoms with Gasteiger partial charge in [0.1, 0.15) is 17.8 Å². The third-order valence-electron chi connectivity index (χ3n) is 6.71. The van der Waals surface area contributed by atoms with E-state index in [2.05, 4.69) is 13.2 Å². The van der Waals surface area contributed by atoms with Crippen molar-refractivity contribution in [1.29, 1.82) is 0 Å². The van der Waals surface area contributed by atoms with Crippen LogP contribution in [0.1, 0.15) is 55.4 Å². The van der Waals surface area contributed by atoms with E-state index in [4.69, 9.17) is 23.7 Å². The summed E-state index contributed by atoms with van der Waals surface area (Å²) < 4.78 is 28.0. The molecule has 32 heavy (non-hydrogen) atoms. The molecule has 3 aliphatic heterocycles. The van der Waals surface area contributed by atoms with E-state index in [1.54, 1.807) is 40.7 Å². The SMILES string of the molecule is C=C[C@](C)(O)[C@H](C)[C@H]1OC(C)(C)O[C@H]1CO.C=C[C@]1(C)OC(=O)[C@@H]2OC(C)(C)O[C@@H]2[C@H]1C. The van der Waals surface area contributed by atoms with Gasteiger partial charge in [-0.25, -0.2) is 4.79 Å². The van der Waals surface area contributed by atoms with Gasteiger partial charge in [-0.1, -0.05) is 26.5 Å². The first-order chi connectivity index (χ1) is 14.5. The Labute approximate surface area is 191 Å². The van der Waals surface area contributed by atoms with Crippen molar-refractivity contribution >= 4 is 5.97 Å². The summed E-state index contributed by atoms with van der Waals surface area (Å²) in [4.78, 5) is 11.8. The molecule has 0 radical (unpaired) electrons. The normalized spacial score (nSPS) is 40.2. The lowest BCUT2D eigenvalue weighted by atomic mass is 9.81. The predicted octanol–water partition coefficient (Wildman–Crippen LogP) is 2.72. The Bertz CT molecular complexity index is 715. The number of rotatable bonds is 5. The average molecular weight is 457 g/mol. The second-order valence-electron chi connectivity index (χ2n) is 10.2. The minimum Gasteiger partial charge on any atom is -0.453 e. The summed E-state index contributed by atoms with van der Waals surface area (Å²) in [6.07, 6.45) is 1.52. The maximum absolute atomic E-state index is 11.8. The van der Waals surface area contributed by atoms with Crippen molar-refractivity contribution in [2.75, 3.05) is 6.61 Å². The standard InChI is InChI=1S/C12H18O4.C12H22O4/c1-6-12(5)7(2)8-9(10(13)16-12)15-11(3,4)14-8;1-6-12(5,14)8(2)10-9(7-13)15-11(3,4)16-10/h6-9H,1H2,2-5H3;6,8-10,13-14H,1,7H2,2-5H3/t7-,8-,9-,12+;8-,9+,10-,12+/m11/s1. The number of hydrogen-bond acceptors (Lipinski definition) is 8. The predicted molar refractivity (Wildman–Crippen MR) is 119 cm³/mol. The Morgan fingerprint density at radius 2 is 1.66 bits per heavy atom. The fourth-order valence-corrected chi connectivity index (χ4v) is 4.20. The van der Waals surface area contributed by atoms with Gasteiger partial charge in [0.25, 0.3) is 0 Å². The molecule has 3 saturated heterocycles. The summed E-state index contributed by atoms with van der Waals surface area (Å²) in [6, 6.07) is 0. The molecule has 184 valence electrons. The average Bonchev–Trinajstić information content (AvgIpc) is 3.21. The van der Waals surface area contributed by atoms with E-state index < -0.39 is 35.0 Å². The van der Waals surface area contributed by atoms with E-state index in [1.165, 1.54) is 6.08 Å². The third-order valence-corrected chi connectivity index (χ3v) is 6.71. The first kappa shape index (κ1) is 27.0. The molecule has 2 N–H and O–H groups in total. The first-order valence-electron chi connectivity index (χ1n) is 11.1. The van der Waals surface area contributed by atoms with Gasteiger partial charge in [0.15, 0.2) is 17.7 Å². The van der Waals surface area contributed by atoms with E-state index >= 15 is 0 Å². The highest BCUT2D eigenvalue weighted by Gasteiger charge is 2.57. The molecule has 0 amide bonds. The van der Waals surface area contributed by atoms with Crippen LogP contribution in [0.3, 0.4) is 0 Å².